The molecule has 0 radical (unpaired) electrons. The lowest BCUT2D eigenvalue weighted by Crippen LogP contribution is -2.48. The van der Waals surface area contributed by atoms with E-state index in [9.17, 15) is 4.79 Å². The molecule has 1 aromatic carbocycles. The number of piperazine rings is 1. The number of benzene rings is 1. The topological polar surface area (TPSA) is 36.4 Å². The maximum absolute atomic E-state index is 12.4. The highest BCUT2D eigenvalue weighted by molar-refractivity contribution is 6.33. The zero-order chi connectivity index (χ0) is 14.7. The number of para-hydroxylation sites is 1. The maximum atomic E-state index is 12.4. The summed E-state index contributed by atoms with van der Waals surface area (Å²) < 4.78 is 0. The highest BCUT2D eigenvalue weighted by Crippen LogP contribution is 2.19. The van der Waals surface area contributed by atoms with Crippen LogP contribution in [-0.2, 0) is 0 Å². The van der Waals surface area contributed by atoms with Crippen molar-refractivity contribution < 1.29 is 4.79 Å². The second-order valence-electron chi connectivity index (χ2n) is 4.97. The molecule has 108 valence electrons. The van der Waals surface area contributed by atoms with Gasteiger partial charge in [-0.3, -0.25) is 9.78 Å². The molecule has 5 heteroatoms. The van der Waals surface area contributed by atoms with E-state index in [4.69, 9.17) is 11.6 Å². The third-order valence-corrected chi connectivity index (χ3v) is 4.02. The number of pyridine rings is 1. The second kappa shape index (κ2) is 6.14. The van der Waals surface area contributed by atoms with Gasteiger partial charge >= 0.3 is 0 Å². The van der Waals surface area contributed by atoms with Gasteiger partial charge in [0.1, 0.15) is 0 Å². The highest BCUT2D eigenvalue weighted by Gasteiger charge is 2.23. The van der Waals surface area contributed by atoms with Crippen molar-refractivity contribution in [2.24, 2.45) is 0 Å². The number of nitrogens with zero attached hydrogens (tertiary/aromatic N) is 3. The minimum atomic E-state index is -0.0409. The summed E-state index contributed by atoms with van der Waals surface area (Å²) in [5, 5.41) is 0.459. The number of hydrogen-bond donors (Lipinski definition) is 0. The summed E-state index contributed by atoms with van der Waals surface area (Å²) in [4.78, 5) is 20.6. The fourth-order valence-corrected chi connectivity index (χ4v) is 2.70. The Labute approximate surface area is 129 Å². The Morgan fingerprint density at radius 2 is 1.76 bits per heavy atom. The van der Waals surface area contributed by atoms with Crippen LogP contribution in [0.2, 0.25) is 5.02 Å². The fourth-order valence-electron chi connectivity index (χ4n) is 2.51. The van der Waals surface area contributed by atoms with Crippen molar-refractivity contribution in [3.05, 3.63) is 59.4 Å². The molecule has 0 N–H and O–H groups in total. The Kier molecular flexibility index (Phi) is 4.06. The quantitative estimate of drug-likeness (QED) is 0.856. The third kappa shape index (κ3) is 3.00. The minimum Gasteiger partial charge on any atom is -0.368 e. The van der Waals surface area contributed by atoms with E-state index in [0.29, 0.717) is 23.7 Å². The van der Waals surface area contributed by atoms with Gasteiger partial charge in [-0.1, -0.05) is 29.8 Å². The predicted octanol–water partition coefficient (Wildman–Crippen LogP) is 2.70. The number of carbonyl (C=O) groups is 1. The zero-order valence-electron chi connectivity index (χ0n) is 11.6. The van der Waals surface area contributed by atoms with Gasteiger partial charge in [-0.25, -0.2) is 0 Å². The Balaban J connectivity index is 1.66. The molecule has 1 aliphatic rings. The van der Waals surface area contributed by atoms with E-state index in [1.165, 1.54) is 11.9 Å². The van der Waals surface area contributed by atoms with Gasteiger partial charge < -0.3 is 9.80 Å². The Morgan fingerprint density at radius 3 is 2.43 bits per heavy atom. The summed E-state index contributed by atoms with van der Waals surface area (Å²) in [7, 11) is 0. The molecule has 4 nitrogen and oxygen atoms in total. The lowest BCUT2D eigenvalue weighted by molar-refractivity contribution is 0.0746. The van der Waals surface area contributed by atoms with E-state index in [1.54, 1.807) is 12.3 Å². The molecule has 21 heavy (non-hydrogen) atoms. The molecule has 1 saturated heterocycles. The number of carbonyl (C=O) groups excluding carboxylic acids is 1. The summed E-state index contributed by atoms with van der Waals surface area (Å²) >= 11 is 6.06. The van der Waals surface area contributed by atoms with Crippen molar-refractivity contribution in [3.8, 4) is 0 Å². The van der Waals surface area contributed by atoms with Crippen LogP contribution in [0.4, 0.5) is 5.69 Å². The minimum absolute atomic E-state index is 0.0409. The number of rotatable bonds is 2. The molecule has 0 spiro atoms. The van der Waals surface area contributed by atoms with Crippen LogP contribution in [0.1, 0.15) is 10.4 Å². The molecule has 3 rings (SSSR count). The zero-order valence-corrected chi connectivity index (χ0v) is 12.3. The molecule has 1 aliphatic heterocycles. The maximum Gasteiger partial charge on any atom is 0.257 e. The molecule has 1 aromatic heterocycles. The van der Waals surface area contributed by atoms with E-state index in [1.807, 2.05) is 23.1 Å². The third-order valence-electron chi connectivity index (χ3n) is 3.69. The van der Waals surface area contributed by atoms with Gasteiger partial charge in [-0.2, -0.15) is 0 Å². The molecular formula is C16H16ClN3O. The normalized spacial score (nSPS) is 15.1. The fraction of sp³-hybridized carbons (Fsp3) is 0.250. The van der Waals surface area contributed by atoms with Crippen LogP contribution in [0, 0.1) is 0 Å². The van der Waals surface area contributed by atoms with E-state index in [-0.39, 0.29) is 5.91 Å². The smallest absolute Gasteiger partial charge is 0.257 e. The van der Waals surface area contributed by atoms with E-state index in [2.05, 4.69) is 22.0 Å². The molecule has 0 unspecified atom stereocenters. The average Bonchev–Trinajstić information content (AvgIpc) is 2.56. The van der Waals surface area contributed by atoms with Crippen LogP contribution < -0.4 is 4.90 Å². The molecule has 0 aliphatic carbocycles. The molecule has 0 saturated carbocycles. The molecule has 0 bridgehead atoms. The van der Waals surface area contributed by atoms with Gasteiger partial charge in [0.15, 0.2) is 0 Å². The number of aromatic nitrogens is 1. The lowest BCUT2D eigenvalue weighted by atomic mass is 10.2. The van der Waals surface area contributed by atoms with Gasteiger partial charge in [0, 0.05) is 44.3 Å². The Hall–Kier alpha value is -2.07. The average molecular weight is 302 g/mol. The molecule has 2 heterocycles. The number of halogens is 1. The van der Waals surface area contributed by atoms with Gasteiger partial charge in [-0.15, -0.1) is 0 Å². The van der Waals surface area contributed by atoms with Crippen molar-refractivity contribution in [1.82, 2.24) is 9.88 Å². The molecule has 1 fully saturated rings. The Bertz CT molecular complexity index is 624. The first-order valence-electron chi connectivity index (χ1n) is 6.94. The Morgan fingerprint density at radius 1 is 1.05 bits per heavy atom. The highest BCUT2D eigenvalue weighted by atomic mass is 35.5. The predicted molar refractivity (Wildman–Crippen MR) is 83.8 cm³/mol. The first-order valence-corrected chi connectivity index (χ1v) is 7.32. The van der Waals surface area contributed by atoms with Crippen LogP contribution in [0.25, 0.3) is 0 Å². The lowest BCUT2D eigenvalue weighted by Gasteiger charge is -2.36. The van der Waals surface area contributed by atoms with Crippen LogP contribution >= 0.6 is 11.6 Å². The van der Waals surface area contributed by atoms with Gasteiger partial charge in [-0.05, 0) is 18.2 Å². The molecule has 1 amide bonds. The summed E-state index contributed by atoms with van der Waals surface area (Å²) in [5.41, 5.74) is 1.68. The van der Waals surface area contributed by atoms with Crippen molar-refractivity contribution in [2.45, 2.75) is 0 Å². The van der Waals surface area contributed by atoms with Crippen molar-refractivity contribution >= 4 is 23.2 Å². The molecular weight excluding hydrogens is 286 g/mol. The van der Waals surface area contributed by atoms with Gasteiger partial charge in [0.05, 0.1) is 10.6 Å². The van der Waals surface area contributed by atoms with Crippen molar-refractivity contribution in [2.75, 3.05) is 31.1 Å². The monoisotopic (exact) mass is 301 g/mol. The van der Waals surface area contributed by atoms with Crippen molar-refractivity contribution in [1.29, 1.82) is 0 Å². The number of anilines is 1. The SMILES string of the molecule is O=C(c1cnccc1Cl)N1CCN(c2ccccc2)CC1. The van der Waals surface area contributed by atoms with Crippen molar-refractivity contribution in [3.63, 3.8) is 0 Å². The van der Waals surface area contributed by atoms with E-state index >= 15 is 0 Å². The van der Waals surface area contributed by atoms with E-state index < -0.39 is 0 Å². The number of amides is 1. The first-order chi connectivity index (χ1) is 10.3. The van der Waals surface area contributed by atoms with Crippen LogP contribution in [0.5, 0.6) is 0 Å². The van der Waals surface area contributed by atoms with Crippen LogP contribution in [0.15, 0.2) is 48.8 Å². The standard InChI is InChI=1S/C16H16ClN3O/c17-15-6-7-18-12-14(15)16(21)20-10-8-19(9-11-20)13-4-2-1-3-5-13/h1-7,12H,8-11H2. The van der Waals surface area contributed by atoms with Crippen LogP contribution in [0.3, 0.4) is 0 Å². The largest absolute Gasteiger partial charge is 0.368 e. The summed E-state index contributed by atoms with van der Waals surface area (Å²) in [5.74, 6) is -0.0409. The second-order valence-corrected chi connectivity index (χ2v) is 5.38. The van der Waals surface area contributed by atoms with E-state index in [0.717, 1.165) is 13.1 Å². The molecule has 0 atom stereocenters. The first kappa shape index (κ1) is 13.9. The van der Waals surface area contributed by atoms with Gasteiger partial charge in [0.2, 0.25) is 0 Å². The number of hydrogen-bond acceptors (Lipinski definition) is 3. The summed E-state index contributed by atoms with van der Waals surface area (Å²) in [6, 6.07) is 11.9. The summed E-state index contributed by atoms with van der Waals surface area (Å²) in [6.45, 7) is 3.04. The molecule has 2 aromatic rings. The van der Waals surface area contributed by atoms with Gasteiger partial charge in [0.25, 0.3) is 5.91 Å². The summed E-state index contributed by atoms with van der Waals surface area (Å²) in [6.07, 6.45) is 3.13. The van der Waals surface area contributed by atoms with Crippen LogP contribution in [-0.4, -0.2) is 42.0 Å².